The summed E-state index contributed by atoms with van der Waals surface area (Å²) in [4.78, 5) is 25.4. The van der Waals surface area contributed by atoms with Gasteiger partial charge in [0.2, 0.25) is 15.9 Å². The summed E-state index contributed by atoms with van der Waals surface area (Å²) in [5, 5.41) is 2.74. The number of carbonyl (C=O) groups excluding carboxylic acids is 2. The molecule has 0 unspecified atom stereocenters. The summed E-state index contributed by atoms with van der Waals surface area (Å²) in [6.45, 7) is 3.52. The van der Waals surface area contributed by atoms with Crippen LogP contribution in [0.5, 0.6) is 0 Å². The van der Waals surface area contributed by atoms with Gasteiger partial charge in [-0.3, -0.25) is 9.59 Å². The topological polar surface area (TPSA) is 95.6 Å². The number of hydrogen-bond acceptors (Lipinski definition) is 4. The van der Waals surface area contributed by atoms with Crippen molar-refractivity contribution in [2.24, 2.45) is 0 Å². The van der Waals surface area contributed by atoms with E-state index in [1.54, 1.807) is 0 Å². The van der Waals surface area contributed by atoms with Gasteiger partial charge in [-0.1, -0.05) is 11.6 Å². The van der Waals surface area contributed by atoms with E-state index in [1.807, 2.05) is 13.8 Å². The number of likely N-dealkylation sites (N-methyl/N-ethyl adjacent to an activating group) is 1. The minimum absolute atomic E-state index is 0.0308. The molecular formula is C16H22ClN3O4S. The van der Waals surface area contributed by atoms with Crippen LogP contribution in [0.4, 0.5) is 0 Å². The normalized spacial score (nSPS) is 14.4. The van der Waals surface area contributed by atoms with E-state index in [1.165, 1.54) is 30.1 Å². The zero-order valence-electron chi connectivity index (χ0n) is 14.4. The molecule has 2 rings (SSSR count). The smallest absolute Gasteiger partial charge is 0.254 e. The Balaban J connectivity index is 2.17. The number of nitrogens with zero attached hydrogens (tertiary/aromatic N) is 1. The molecule has 2 N–H and O–H groups in total. The summed E-state index contributed by atoms with van der Waals surface area (Å²) in [5.74, 6) is -0.749. The average molecular weight is 388 g/mol. The van der Waals surface area contributed by atoms with Gasteiger partial charge < -0.3 is 10.2 Å². The zero-order chi connectivity index (χ0) is 18.8. The van der Waals surface area contributed by atoms with Crippen LogP contribution in [0.15, 0.2) is 23.1 Å². The molecule has 2 amide bonds. The lowest BCUT2D eigenvalue weighted by Gasteiger charge is -2.18. The van der Waals surface area contributed by atoms with Crippen molar-refractivity contribution < 1.29 is 18.0 Å². The first-order valence-corrected chi connectivity index (χ1v) is 9.83. The van der Waals surface area contributed by atoms with E-state index in [4.69, 9.17) is 11.6 Å². The molecule has 0 bridgehead atoms. The van der Waals surface area contributed by atoms with Gasteiger partial charge in [0.15, 0.2) is 0 Å². The average Bonchev–Trinajstić information content (AvgIpc) is 3.29. The fraction of sp³-hybridized carbons (Fsp3) is 0.500. The molecule has 9 heteroatoms. The van der Waals surface area contributed by atoms with Gasteiger partial charge in [-0.15, -0.1) is 0 Å². The standard InChI is InChI=1S/C16H22ClN3O4S/c1-10(2)18-15(21)9-20(3)16(22)11-4-7-13(17)14(8-11)25(23,24)19-12-5-6-12/h4,7-8,10,12,19H,5-6,9H2,1-3H3,(H,18,21). The van der Waals surface area contributed by atoms with Crippen LogP contribution in [0.1, 0.15) is 37.0 Å². The monoisotopic (exact) mass is 387 g/mol. The van der Waals surface area contributed by atoms with Gasteiger partial charge in [0.1, 0.15) is 4.90 Å². The Morgan fingerprint density at radius 1 is 1.32 bits per heavy atom. The maximum Gasteiger partial charge on any atom is 0.254 e. The second-order valence-electron chi connectivity index (χ2n) is 6.42. The first-order chi connectivity index (χ1) is 11.6. The molecule has 1 aromatic carbocycles. The largest absolute Gasteiger partial charge is 0.352 e. The van der Waals surface area contributed by atoms with Gasteiger partial charge >= 0.3 is 0 Å². The van der Waals surface area contributed by atoms with Crippen molar-refractivity contribution >= 4 is 33.4 Å². The van der Waals surface area contributed by atoms with Crippen LogP contribution in [0, 0.1) is 0 Å². The van der Waals surface area contributed by atoms with Crippen LogP contribution in [-0.2, 0) is 14.8 Å². The third-order valence-electron chi connectivity index (χ3n) is 3.54. The van der Waals surface area contributed by atoms with Crippen LogP contribution >= 0.6 is 11.6 Å². The number of carbonyl (C=O) groups is 2. The number of sulfonamides is 1. The SMILES string of the molecule is CC(C)NC(=O)CN(C)C(=O)c1ccc(Cl)c(S(=O)(=O)NC2CC2)c1. The van der Waals surface area contributed by atoms with Crippen molar-refractivity contribution in [3.63, 3.8) is 0 Å². The van der Waals surface area contributed by atoms with Gasteiger partial charge in [-0.2, -0.15) is 0 Å². The minimum atomic E-state index is -3.78. The Hall–Kier alpha value is -1.64. The fourth-order valence-electron chi connectivity index (χ4n) is 2.20. The molecule has 0 aromatic heterocycles. The molecule has 0 aliphatic heterocycles. The summed E-state index contributed by atoms with van der Waals surface area (Å²) < 4.78 is 27.3. The zero-order valence-corrected chi connectivity index (χ0v) is 15.9. The molecule has 1 aliphatic carbocycles. The van der Waals surface area contributed by atoms with Crippen molar-refractivity contribution in [2.45, 2.75) is 43.7 Å². The lowest BCUT2D eigenvalue weighted by Crippen LogP contribution is -2.40. The Bertz CT molecular complexity index is 776. The molecule has 0 saturated heterocycles. The van der Waals surface area contributed by atoms with Crippen molar-refractivity contribution in [1.82, 2.24) is 14.9 Å². The molecule has 1 saturated carbocycles. The number of benzene rings is 1. The predicted octanol–water partition coefficient (Wildman–Crippen LogP) is 1.38. The van der Waals surface area contributed by atoms with Gasteiger partial charge in [0.05, 0.1) is 11.6 Å². The van der Waals surface area contributed by atoms with Crippen molar-refractivity contribution in [3.8, 4) is 0 Å². The van der Waals surface area contributed by atoms with E-state index < -0.39 is 15.9 Å². The van der Waals surface area contributed by atoms with Gasteiger partial charge in [-0.05, 0) is 44.9 Å². The highest BCUT2D eigenvalue weighted by atomic mass is 35.5. The molecule has 7 nitrogen and oxygen atoms in total. The van der Waals surface area contributed by atoms with Gasteiger partial charge in [-0.25, -0.2) is 13.1 Å². The van der Waals surface area contributed by atoms with Crippen LogP contribution in [0.25, 0.3) is 0 Å². The highest BCUT2D eigenvalue weighted by Gasteiger charge is 2.30. The lowest BCUT2D eigenvalue weighted by molar-refractivity contribution is -0.122. The maximum atomic E-state index is 12.5. The molecule has 0 atom stereocenters. The second-order valence-corrected chi connectivity index (χ2v) is 8.51. The molecular weight excluding hydrogens is 366 g/mol. The third kappa shape index (κ3) is 5.42. The molecule has 0 spiro atoms. The van der Waals surface area contributed by atoms with E-state index in [0.29, 0.717) is 0 Å². The van der Waals surface area contributed by atoms with Gasteiger partial charge in [0, 0.05) is 24.7 Å². The van der Waals surface area contributed by atoms with Crippen molar-refractivity contribution in [2.75, 3.05) is 13.6 Å². The Morgan fingerprint density at radius 3 is 2.52 bits per heavy atom. The Labute approximate surface area is 152 Å². The fourth-order valence-corrected chi connectivity index (χ4v) is 4.03. The molecule has 138 valence electrons. The maximum absolute atomic E-state index is 12.5. The summed E-state index contributed by atoms with van der Waals surface area (Å²) in [5.41, 5.74) is 0.153. The highest BCUT2D eigenvalue weighted by molar-refractivity contribution is 7.89. The Kier molecular flexibility index (Phi) is 6.08. The first-order valence-electron chi connectivity index (χ1n) is 7.97. The quantitative estimate of drug-likeness (QED) is 0.738. The molecule has 25 heavy (non-hydrogen) atoms. The number of hydrogen-bond donors (Lipinski definition) is 2. The molecule has 0 heterocycles. The van der Waals surface area contributed by atoms with Crippen LogP contribution in [0.3, 0.4) is 0 Å². The van der Waals surface area contributed by atoms with Crippen LogP contribution in [-0.4, -0.2) is 50.8 Å². The van der Waals surface area contributed by atoms with Crippen LogP contribution < -0.4 is 10.0 Å². The van der Waals surface area contributed by atoms with E-state index in [2.05, 4.69) is 10.0 Å². The molecule has 1 fully saturated rings. The highest BCUT2D eigenvalue weighted by Crippen LogP contribution is 2.27. The summed E-state index contributed by atoms with van der Waals surface area (Å²) in [6.07, 6.45) is 1.59. The Morgan fingerprint density at radius 2 is 1.96 bits per heavy atom. The second kappa shape index (κ2) is 7.72. The minimum Gasteiger partial charge on any atom is -0.352 e. The number of halogens is 1. The number of rotatable bonds is 7. The van der Waals surface area contributed by atoms with E-state index in [0.717, 1.165) is 12.8 Å². The van der Waals surface area contributed by atoms with Gasteiger partial charge in [0.25, 0.3) is 5.91 Å². The number of nitrogens with one attached hydrogen (secondary N) is 2. The molecule has 1 aromatic rings. The summed E-state index contributed by atoms with van der Waals surface area (Å²) in [7, 11) is -2.30. The van der Waals surface area contributed by atoms with E-state index in [9.17, 15) is 18.0 Å². The molecule has 1 aliphatic rings. The predicted molar refractivity (Wildman–Crippen MR) is 95.0 cm³/mol. The molecule has 0 radical (unpaired) electrons. The van der Waals surface area contributed by atoms with Crippen molar-refractivity contribution in [1.29, 1.82) is 0 Å². The summed E-state index contributed by atoms with van der Waals surface area (Å²) in [6, 6.07) is 3.96. The van der Waals surface area contributed by atoms with Crippen molar-refractivity contribution in [3.05, 3.63) is 28.8 Å². The lowest BCUT2D eigenvalue weighted by atomic mass is 10.2. The third-order valence-corrected chi connectivity index (χ3v) is 5.55. The summed E-state index contributed by atoms with van der Waals surface area (Å²) >= 11 is 6.00. The van der Waals surface area contributed by atoms with E-state index >= 15 is 0 Å². The first kappa shape index (κ1) is 19.7. The number of amides is 2. The van der Waals surface area contributed by atoms with Crippen LogP contribution in [0.2, 0.25) is 5.02 Å². The van der Waals surface area contributed by atoms with E-state index in [-0.39, 0.29) is 40.0 Å².